The summed E-state index contributed by atoms with van der Waals surface area (Å²) in [6.07, 6.45) is 2.80. The molecule has 1 heterocycles. The number of aromatic nitrogens is 1. The topological polar surface area (TPSA) is 125 Å². The molecule has 0 bridgehead atoms. The van der Waals surface area contributed by atoms with Gasteiger partial charge < -0.3 is 15.2 Å². The van der Waals surface area contributed by atoms with E-state index in [2.05, 4.69) is 22.5 Å². The predicted octanol–water partition coefficient (Wildman–Crippen LogP) is 6.29. The number of urea groups is 1. The Morgan fingerprint density at radius 2 is 1.45 bits per heavy atom. The standard InChI is InChI=1S/C31H29N3O4.CH2O/c1-2-21-8-15-27(16-9-21)33-31(38)34-29-17-14-25(20-32-29)23-10-12-24(13-11-23)28(35)19-26(30(36)37)18-22-6-4-3-5-7-22;1-2/h3-17,20,26H,2,18-19H2,1H3,(H,36,37)(H2,32,33,34,38);1H2. The molecular formula is C32H31N3O5. The van der Waals surface area contributed by atoms with E-state index in [1.54, 1.807) is 36.5 Å². The van der Waals surface area contributed by atoms with E-state index in [0.29, 0.717) is 23.5 Å². The molecule has 1 aromatic heterocycles. The summed E-state index contributed by atoms with van der Waals surface area (Å²) >= 11 is 0. The van der Waals surface area contributed by atoms with Crippen LogP contribution in [0.25, 0.3) is 11.1 Å². The first kappa shape index (κ1) is 29.4. The fourth-order valence-corrected chi connectivity index (χ4v) is 4.08. The fourth-order valence-electron chi connectivity index (χ4n) is 4.08. The van der Waals surface area contributed by atoms with Crippen molar-refractivity contribution < 1.29 is 24.3 Å². The van der Waals surface area contributed by atoms with Crippen LogP contribution in [0.2, 0.25) is 0 Å². The minimum atomic E-state index is -0.985. The maximum absolute atomic E-state index is 12.8. The van der Waals surface area contributed by atoms with Crippen LogP contribution >= 0.6 is 0 Å². The predicted molar refractivity (Wildman–Crippen MR) is 155 cm³/mol. The second kappa shape index (κ2) is 14.7. The second-order valence-electron chi connectivity index (χ2n) is 8.99. The SMILES string of the molecule is C=O.CCc1ccc(NC(=O)Nc2ccc(-c3ccc(C(=O)CC(Cc4ccccc4)C(=O)O)cc3)cn2)cc1. The van der Waals surface area contributed by atoms with E-state index in [0.717, 1.165) is 23.1 Å². The molecule has 0 aliphatic carbocycles. The Kier molecular flexibility index (Phi) is 10.8. The van der Waals surface area contributed by atoms with E-state index in [-0.39, 0.29) is 18.2 Å². The van der Waals surface area contributed by atoms with Crippen molar-refractivity contribution in [1.29, 1.82) is 0 Å². The van der Waals surface area contributed by atoms with Gasteiger partial charge in [0.25, 0.3) is 0 Å². The first-order chi connectivity index (χ1) is 19.4. The molecule has 4 aromatic rings. The Morgan fingerprint density at radius 3 is 2.02 bits per heavy atom. The normalized spacial score (nSPS) is 10.9. The van der Waals surface area contributed by atoms with E-state index in [1.165, 1.54) is 5.56 Å². The average Bonchev–Trinajstić information content (AvgIpc) is 2.99. The number of aryl methyl sites for hydroxylation is 1. The van der Waals surface area contributed by atoms with E-state index < -0.39 is 11.9 Å². The van der Waals surface area contributed by atoms with E-state index in [4.69, 9.17) is 4.79 Å². The molecular weight excluding hydrogens is 506 g/mol. The lowest BCUT2D eigenvalue weighted by Crippen LogP contribution is -2.20. The van der Waals surface area contributed by atoms with Gasteiger partial charge in [-0.05, 0) is 53.8 Å². The maximum atomic E-state index is 12.8. The van der Waals surface area contributed by atoms with Gasteiger partial charge in [0.2, 0.25) is 0 Å². The van der Waals surface area contributed by atoms with Crippen LogP contribution in [0.3, 0.4) is 0 Å². The number of carboxylic acids is 1. The summed E-state index contributed by atoms with van der Waals surface area (Å²) in [5, 5.41) is 15.1. The number of nitrogens with zero attached hydrogens (tertiary/aromatic N) is 1. The smallest absolute Gasteiger partial charge is 0.324 e. The molecule has 40 heavy (non-hydrogen) atoms. The van der Waals surface area contributed by atoms with E-state index in [9.17, 15) is 19.5 Å². The van der Waals surface area contributed by atoms with Gasteiger partial charge >= 0.3 is 12.0 Å². The molecule has 0 saturated carbocycles. The number of Topliss-reactive ketones (excluding diaryl/α,β-unsaturated/α-hetero) is 1. The molecule has 8 heteroatoms. The van der Waals surface area contributed by atoms with Crippen molar-refractivity contribution in [2.45, 2.75) is 26.2 Å². The van der Waals surface area contributed by atoms with Crippen LogP contribution < -0.4 is 10.6 Å². The number of carbonyl (C=O) groups excluding carboxylic acids is 3. The molecule has 0 fully saturated rings. The number of carbonyl (C=O) groups is 4. The molecule has 0 aliphatic rings. The third kappa shape index (κ3) is 8.46. The second-order valence-corrected chi connectivity index (χ2v) is 8.99. The van der Waals surface area contributed by atoms with Gasteiger partial charge in [0.05, 0.1) is 5.92 Å². The number of amides is 2. The number of anilines is 2. The van der Waals surface area contributed by atoms with Crippen LogP contribution in [0.4, 0.5) is 16.3 Å². The van der Waals surface area contributed by atoms with Gasteiger partial charge in [-0.25, -0.2) is 9.78 Å². The van der Waals surface area contributed by atoms with Crippen molar-refractivity contribution in [3.63, 3.8) is 0 Å². The van der Waals surface area contributed by atoms with Crippen LogP contribution in [0.1, 0.15) is 34.8 Å². The molecule has 0 saturated heterocycles. The Balaban J connectivity index is 0.00000216. The Labute approximate surface area is 233 Å². The van der Waals surface area contributed by atoms with Crippen molar-refractivity contribution in [1.82, 2.24) is 4.98 Å². The van der Waals surface area contributed by atoms with E-state index in [1.807, 2.05) is 67.5 Å². The first-order valence-corrected chi connectivity index (χ1v) is 12.7. The summed E-state index contributed by atoms with van der Waals surface area (Å²) in [5.74, 6) is -1.59. The van der Waals surface area contributed by atoms with Gasteiger partial charge in [0.1, 0.15) is 12.6 Å². The number of ketones is 1. The number of nitrogens with one attached hydrogen (secondary N) is 2. The fraction of sp³-hybridized carbons (Fsp3) is 0.156. The average molecular weight is 538 g/mol. The molecule has 1 unspecified atom stereocenters. The molecule has 3 aromatic carbocycles. The van der Waals surface area contributed by atoms with Crippen LogP contribution in [0.15, 0.2) is 97.2 Å². The molecule has 8 nitrogen and oxygen atoms in total. The van der Waals surface area contributed by atoms with Crippen molar-refractivity contribution in [2.75, 3.05) is 10.6 Å². The highest BCUT2D eigenvalue weighted by molar-refractivity contribution is 5.99. The lowest BCUT2D eigenvalue weighted by molar-refractivity contribution is -0.141. The van der Waals surface area contributed by atoms with Crippen LogP contribution in [-0.4, -0.2) is 34.7 Å². The summed E-state index contributed by atoms with van der Waals surface area (Å²) in [4.78, 5) is 49.1. The number of hydrogen-bond acceptors (Lipinski definition) is 5. The quantitative estimate of drug-likeness (QED) is 0.204. The van der Waals surface area contributed by atoms with E-state index >= 15 is 0 Å². The Bertz CT molecular complexity index is 1400. The van der Waals surface area contributed by atoms with Crippen molar-refractivity contribution >= 4 is 36.1 Å². The van der Waals surface area contributed by atoms with Gasteiger partial charge in [0.15, 0.2) is 5.78 Å². The number of rotatable bonds is 10. The van der Waals surface area contributed by atoms with Gasteiger partial charge in [-0.1, -0.05) is 73.7 Å². The molecule has 204 valence electrons. The van der Waals surface area contributed by atoms with Gasteiger partial charge in [-0.3, -0.25) is 14.9 Å². The third-order valence-corrected chi connectivity index (χ3v) is 6.27. The zero-order valence-electron chi connectivity index (χ0n) is 22.2. The van der Waals surface area contributed by atoms with Crippen LogP contribution in [0.5, 0.6) is 0 Å². The van der Waals surface area contributed by atoms with Crippen LogP contribution in [-0.2, 0) is 22.4 Å². The molecule has 0 radical (unpaired) electrons. The molecule has 1 atom stereocenters. The van der Waals surface area contributed by atoms with Gasteiger partial charge in [-0.15, -0.1) is 0 Å². The highest BCUT2D eigenvalue weighted by Crippen LogP contribution is 2.22. The van der Waals surface area contributed by atoms with Crippen molar-refractivity contribution in [3.05, 3.63) is 114 Å². The number of pyridine rings is 1. The zero-order chi connectivity index (χ0) is 28.9. The monoisotopic (exact) mass is 537 g/mol. The van der Waals surface area contributed by atoms with Gasteiger partial charge in [0, 0.05) is 29.4 Å². The molecule has 0 spiro atoms. The van der Waals surface area contributed by atoms with Crippen molar-refractivity contribution in [2.24, 2.45) is 5.92 Å². The minimum Gasteiger partial charge on any atom is -0.481 e. The number of aliphatic carboxylic acids is 1. The Morgan fingerprint density at radius 1 is 0.800 bits per heavy atom. The highest BCUT2D eigenvalue weighted by atomic mass is 16.4. The first-order valence-electron chi connectivity index (χ1n) is 12.7. The Hall–Kier alpha value is -5.11. The zero-order valence-corrected chi connectivity index (χ0v) is 22.2. The highest BCUT2D eigenvalue weighted by Gasteiger charge is 2.22. The van der Waals surface area contributed by atoms with Gasteiger partial charge in [-0.2, -0.15) is 0 Å². The number of hydrogen-bond donors (Lipinski definition) is 3. The number of benzene rings is 3. The summed E-state index contributed by atoms with van der Waals surface area (Å²) in [7, 11) is 0. The third-order valence-electron chi connectivity index (χ3n) is 6.27. The summed E-state index contributed by atoms with van der Waals surface area (Å²) < 4.78 is 0. The summed E-state index contributed by atoms with van der Waals surface area (Å²) in [6, 6.07) is 27.1. The molecule has 2 amide bonds. The molecule has 3 N–H and O–H groups in total. The molecule has 0 aliphatic heterocycles. The lowest BCUT2D eigenvalue weighted by atomic mass is 9.92. The minimum absolute atomic E-state index is 0.0731. The lowest BCUT2D eigenvalue weighted by Gasteiger charge is -2.12. The van der Waals surface area contributed by atoms with Crippen molar-refractivity contribution in [3.8, 4) is 11.1 Å². The summed E-state index contributed by atoms with van der Waals surface area (Å²) in [6.45, 7) is 4.07. The largest absolute Gasteiger partial charge is 0.481 e. The summed E-state index contributed by atoms with van der Waals surface area (Å²) in [5.41, 5.74) is 4.90. The maximum Gasteiger partial charge on any atom is 0.324 e. The van der Waals surface area contributed by atoms with Crippen LogP contribution in [0, 0.1) is 5.92 Å². The number of carboxylic acid groups (broad SMARTS) is 1. The molecule has 4 rings (SSSR count).